The molecule has 1 aliphatic rings. The maximum Gasteiger partial charge on any atom is 0.258 e. The summed E-state index contributed by atoms with van der Waals surface area (Å²) in [6.45, 7) is 0. The number of nitrogens with two attached hydrogens (primary N) is 1. The minimum Gasteiger partial charge on any atom is -0.494 e. The highest BCUT2D eigenvalue weighted by atomic mass is 32.1. The van der Waals surface area contributed by atoms with Crippen LogP contribution in [0.3, 0.4) is 0 Å². The third kappa shape index (κ3) is 1.81. The second-order valence-electron chi connectivity index (χ2n) is 4.44. The first kappa shape index (κ1) is 12.2. The van der Waals surface area contributed by atoms with Crippen LogP contribution in [0.5, 0.6) is 5.75 Å². The molecule has 2 aromatic rings. The van der Waals surface area contributed by atoms with Crippen LogP contribution in [-0.4, -0.2) is 13.0 Å². The topological polar surface area (TPSA) is 52.3 Å². The summed E-state index contributed by atoms with van der Waals surface area (Å²) < 4.78 is 19.2. The second-order valence-corrected chi connectivity index (χ2v) is 5.49. The summed E-state index contributed by atoms with van der Waals surface area (Å²) >= 11 is 1.33. The van der Waals surface area contributed by atoms with E-state index in [0.717, 1.165) is 22.4 Å². The fraction of sp³-hybridized carbons (Fsp3) is 0.214. The van der Waals surface area contributed by atoms with Crippen LogP contribution in [0.2, 0.25) is 0 Å². The average molecular weight is 277 g/mol. The SMILES string of the molecule is COc1ccc2c(c1F)CCc1cc(C(N)=O)sc1-2. The van der Waals surface area contributed by atoms with Crippen LogP contribution in [0.4, 0.5) is 4.39 Å². The molecule has 1 aromatic heterocycles. The van der Waals surface area contributed by atoms with Gasteiger partial charge in [-0.1, -0.05) is 0 Å². The molecule has 1 aromatic carbocycles. The number of methoxy groups -OCH3 is 1. The van der Waals surface area contributed by atoms with E-state index in [9.17, 15) is 9.18 Å². The van der Waals surface area contributed by atoms with E-state index < -0.39 is 5.91 Å². The minimum atomic E-state index is -0.435. The van der Waals surface area contributed by atoms with E-state index in [0.29, 0.717) is 16.9 Å². The number of rotatable bonds is 2. The number of primary amides is 1. The van der Waals surface area contributed by atoms with Crippen LogP contribution in [-0.2, 0) is 12.8 Å². The number of hydrogen-bond donors (Lipinski definition) is 1. The highest BCUT2D eigenvalue weighted by molar-refractivity contribution is 7.17. The number of carbonyl (C=O) groups excluding carboxylic acids is 1. The molecule has 5 heteroatoms. The van der Waals surface area contributed by atoms with Gasteiger partial charge in [-0.3, -0.25) is 4.79 Å². The third-order valence-electron chi connectivity index (χ3n) is 3.37. The van der Waals surface area contributed by atoms with E-state index in [1.165, 1.54) is 18.4 Å². The van der Waals surface area contributed by atoms with Gasteiger partial charge in [0.2, 0.25) is 0 Å². The van der Waals surface area contributed by atoms with Gasteiger partial charge in [-0.05, 0) is 42.2 Å². The number of carbonyl (C=O) groups is 1. The molecule has 0 aliphatic heterocycles. The van der Waals surface area contributed by atoms with Crippen LogP contribution in [0.25, 0.3) is 10.4 Å². The van der Waals surface area contributed by atoms with Crippen molar-refractivity contribution in [2.24, 2.45) is 5.73 Å². The molecule has 2 N–H and O–H groups in total. The molecule has 0 fully saturated rings. The zero-order chi connectivity index (χ0) is 13.6. The summed E-state index contributed by atoms with van der Waals surface area (Å²) in [5, 5.41) is 0. The van der Waals surface area contributed by atoms with Gasteiger partial charge >= 0.3 is 0 Å². The molecule has 0 saturated carbocycles. The van der Waals surface area contributed by atoms with Gasteiger partial charge in [0.15, 0.2) is 11.6 Å². The molecule has 0 spiro atoms. The quantitative estimate of drug-likeness (QED) is 0.917. The molecule has 0 radical (unpaired) electrons. The highest BCUT2D eigenvalue weighted by Gasteiger charge is 2.24. The summed E-state index contributed by atoms with van der Waals surface area (Å²) in [5.41, 5.74) is 7.87. The van der Waals surface area contributed by atoms with Gasteiger partial charge in [0.05, 0.1) is 12.0 Å². The first-order chi connectivity index (χ1) is 9.11. The van der Waals surface area contributed by atoms with E-state index in [2.05, 4.69) is 0 Å². The molecule has 19 heavy (non-hydrogen) atoms. The molecule has 0 unspecified atom stereocenters. The molecule has 1 amide bonds. The van der Waals surface area contributed by atoms with Crippen molar-refractivity contribution in [1.82, 2.24) is 0 Å². The zero-order valence-electron chi connectivity index (χ0n) is 10.3. The van der Waals surface area contributed by atoms with E-state index in [1.54, 1.807) is 6.07 Å². The second kappa shape index (κ2) is 4.35. The Morgan fingerprint density at radius 2 is 2.21 bits per heavy atom. The maximum atomic E-state index is 14.2. The lowest BCUT2D eigenvalue weighted by atomic mass is 9.91. The third-order valence-corrected chi connectivity index (χ3v) is 4.59. The van der Waals surface area contributed by atoms with Gasteiger partial charge in [-0.2, -0.15) is 0 Å². The van der Waals surface area contributed by atoms with Crippen LogP contribution in [0.15, 0.2) is 18.2 Å². The first-order valence-corrected chi connectivity index (χ1v) is 6.71. The Kier molecular flexibility index (Phi) is 2.78. The van der Waals surface area contributed by atoms with Crippen LogP contribution in [0, 0.1) is 5.82 Å². The molecule has 0 bridgehead atoms. The number of hydrogen-bond acceptors (Lipinski definition) is 3. The number of ether oxygens (including phenoxy) is 1. The van der Waals surface area contributed by atoms with Gasteiger partial charge in [-0.15, -0.1) is 11.3 Å². The van der Waals surface area contributed by atoms with Crippen molar-refractivity contribution >= 4 is 17.2 Å². The zero-order valence-corrected chi connectivity index (χ0v) is 11.1. The predicted molar refractivity (Wildman–Crippen MR) is 72.2 cm³/mol. The number of aryl methyl sites for hydroxylation is 1. The molecule has 0 atom stereocenters. The van der Waals surface area contributed by atoms with E-state index >= 15 is 0 Å². The summed E-state index contributed by atoms with van der Waals surface area (Å²) in [6, 6.07) is 5.27. The molecular formula is C14H12FNO2S. The molecule has 98 valence electrons. The Bertz CT molecular complexity index is 678. The fourth-order valence-electron chi connectivity index (χ4n) is 2.44. The molecule has 0 saturated heterocycles. The number of fused-ring (bicyclic) bond motifs is 3. The number of benzene rings is 1. The van der Waals surface area contributed by atoms with E-state index in [4.69, 9.17) is 10.5 Å². The lowest BCUT2D eigenvalue weighted by Gasteiger charge is -2.18. The molecule has 1 heterocycles. The standard InChI is InChI=1S/C14H12FNO2S/c1-18-10-5-4-9-8(12(10)15)3-2-7-6-11(14(16)17)19-13(7)9/h4-6H,2-3H2,1H3,(H2,16,17). The first-order valence-electron chi connectivity index (χ1n) is 5.90. The van der Waals surface area contributed by atoms with Crippen molar-refractivity contribution in [1.29, 1.82) is 0 Å². The van der Waals surface area contributed by atoms with Gasteiger partial charge in [0.1, 0.15) is 0 Å². The predicted octanol–water partition coefficient (Wildman–Crippen LogP) is 2.76. The Balaban J connectivity index is 2.19. The van der Waals surface area contributed by atoms with E-state index in [-0.39, 0.29) is 11.6 Å². The Hall–Kier alpha value is -1.88. The largest absolute Gasteiger partial charge is 0.494 e. The summed E-state index contributed by atoms with van der Waals surface area (Å²) in [7, 11) is 1.45. The monoisotopic (exact) mass is 277 g/mol. The van der Waals surface area contributed by atoms with Gasteiger partial charge in [0.25, 0.3) is 5.91 Å². The average Bonchev–Trinajstić information content (AvgIpc) is 2.83. The van der Waals surface area contributed by atoms with Crippen LogP contribution < -0.4 is 10.5 Å². The Morgan fingerprint density at radius 3 is 2.89 bits per heavy atom. The smallest absolute Gasteiger partial charge is 0.258 e. The van der Waals surface area contributed by atoms with Crippen molar-refractivity contribution in [2.45, 2.75) is 12.8 Å². The Labute approximate surface area is 113 Å². The van der Waals surface area contributed by atoms with Crippen molar-refractivity contribution in [3.8, 4) is 16.2 Å². The van der Waals surface area contributed by atoms with Gasteiger partial charge in [-0.25, -0.2) is 4.39 Å². The van der Waals surface area contributed by atoms with Gasteiger partial charge in [0, 0.05) is 10.4 Å². The van der Waals surface area contributed by atoms with Crippen LogP contribution >= 0.6 is 11.3 Å². The fourth-order valence-corrected chi connectivity index (χ4v) is 3.55. The minimum absolute atomic E-state index is 0.258. The van der Waals surface area contributed by atoms with Crippen molar-refractivity contribution < 1.29 is 13.9 Å². The normalized spacial score (nSPS) is 12.7. The molecule has 3 rings (SSSR count). The molecule has 1 aliphatic carbocycles. The van der Waals surface area contributed by atoms with Crippen molar-refractivity contribution in [3.63, 3.8) is 0 Å². The molecular weight excluding hydrogens is 265 g/mol. The maximum absolute atomic E-state index is 14.2. The van der Waals surface area contributed by atoms with E-state index in [1.807, 2.05) is 12.1 Å². The van der Waals surface area contributed by atoms with Gasteiger partial charge < -0.3 is 10.5 Å². The number of amides is 1. The lowest BCUT2D eigenvalue weighted by molar-refractivity contribution is 0.100. The summed E-state index contributed by atoms with van der Waals surface area (Å²) in [6.07, 6.45) is 1.33. The number of thiophene rings is 1. The van der Waals surface area contributed by atoms with Crippen LogP contribution in [0.1, 0.15) is 20.8 Å². The highest BCUT2D eigenvalue weighted by Crippen LogP contribution is 2.42. The van der Waals surface area contributed by atoms with Crippen molar-refractivity contribution in [2.75, 3.05) is 7.11 Å². The number of halogens is 1. The Morgan fingerprint density at radius 1 is 1.42 bits per heavy atom. The summed E-state index contributed by atoms with van der Waals surface area (Å²) in [5.74, 6) is -0.483. The lowest BCUT2D eigenvalue weighted by Crippen LogP contribution is -2.08. The van der Waals surface area contributed by atoms with Crippen molar-refractivity contribution in [3.05, 3.63) is 40.0 Å². The summed E-state index contributed by atoms with van der Waals surface area (Å²) in [4.78, 5) is 12.7. The molecule has 3 nitrogen and oxygen atoms in total.